The van der Waals surface area contributed by atoms with Crippen LogP contribution in [0, 0.1) is 13.8 Å². The summed E-state index contributed by atoms with van der Waals surface area (Å²) >= 11 is 0. The van der Waals surface area contributed by atoms with E-state index in [4.69, 9.17) is 9.47 Å². The molecule has 0 saturated heterocycles. The number of hydrogen-bond donors (Lipinski definition) is 1. The summed E-state index contributed by atoms with van der Waals surface area (Å²) in [5.41, 5.74) is 1.72. The van der Waals surface area contributed by atoms with E-state index in [0.717, 1.165) is 11.1 Å². The summed E-state index contributed by atoms with van der Waals surface area (Å²) in [6.45, 7) is 3.57. The summed E-state index contributed by atoms with van der Waals surface area (Å²) in [5, 5.41) is 20.7. The second-order valence-electron chi connectivity index (χ2n) is 6.04. The van der Waals surface area contributed by atoms with Gasteiger partial charge in [0.1, 0.15) is 0 Å². The molecule has 1 N–H and O–H groups in total. The maximum absolute atomic E-state index is 12.2. The normalized spacial score (nSPS) is 12.5. The first-order chi connectivity index (χ1) is 13.2. The zero-order valence-electron chi connectivity index (χ0n) is 15.1. The fraction of sp³-hybridized carbons (Fsp3) is 0.200. The number of esters is 2. The Balaban J connectivity index is 2.21. The van der Waals surface area contributed by atoms with Crippen LogP contribution in [0.5, 0.6) is 0 Å². The van der Waals surface area contributed by atoms with Crippen LogP contribution in [0.3, 0.4) is 0 Å². The molecule has 0 radical (unpaired) electrons. The van der Waals surface area contributed by atoms with Crippen LogP contribution in [0.4, 0.5) is 0 Å². The van der Waals surface area contributed by atoms with Crippen molar-refractivity contribution >= 4 is 23.9 Å². The number of aliphatic carboxylic acids is 2. The van der Waals surface area contributed by atoms with Crippen molar-refractivity contribution in [2.75, 3.05) is 0 Å². The molecule has 8 heteroatoms. The second kappa shape index (κ2) is 8.81. The molecule has 2 atom stereocenters. The number of carbonyl (C=O) groups excluding carboxylic acids is 3. The van der Waals surface area contributed by atoms with Crippen LogP contribution in [0.1, 0.15) is 31.8 Å². The number of carbonyl (C=O) groups is 4. The Morgan fingerprint density at radius 3 is 1.43 bits per heavy atom. The largest absolute Gasteiger partial charge is 0.546 e. The summed E-state index contributed by atoms with van der Waals surface area (Å²) < 4.78 is 9.54. The van der Waals surface area contributed by atoms with Crippen molar-refractivity contribution in [1.82, 2.24) is 0 Å². The van der Waals surface area contributed by atoms with E-state index in [2.05, 4.69) is 0 Å². The van der Waals surface area contributed by atoms with E-state index in [9.17, 15) is 29.4 Å². The molecule has 0 amide bonds. The Kier molecular flexibility index (Phi) is 6.49. The van der Waals surface area contributed by atoms with Gasteiger partial charge < -0.3 is 24.5 Å². The molecule has 0 spiro atoms. The van der Waals surface area contributed by atoms with Gasteiger partial charge in [0, 0.05) is 0 Å². The van der Waals surface area contributed by atoms with Crippen LogP contribution in [-0.2, 0) is 19.1 Å². The van der Waals surface area contributed by atoms with Crippen molar-refractivity contribution in [2.24, 2.45) is 0 Å². The number of rotatable bonds is 7. The van der Waals surface area contributed by atoms with E-state index in [1.54, 1.807) is 38.1 Å². The van der Waals surface area contributed by atoms with Crippen LogP contribution < -0.4 is 5.11 Å². The minimum Gasteiger partial charge on any atom is -0.546 e. The minimum atomic E-state index is -2.33. The van der Waals surface area contributed by atoms with E-state index in [1.165, 1.54) is 24.3 Å². The summed E-state index contributed by atoms with van der Waals surface area (Å²) in [4.78, 5) is 47.2. The first kappa shape index (κ1) is 20.6. The lowest BCUT2D eigenvalue weighted by Gasteiger charge is -2.24. The van der Waals surface area contributed by atoms with Gasteiger partial charge in [0.15, 0.2) is 6.10 Å². The Bertz CT molecular complexity index is 808. The lowest BCUT2D eigenvalue weighted by molar-refractivity contribution is -0.317. The number of carboxylic acids is 2. The van der Waals surface area contributed by atoms with Gasteiger partial charge in [-0.1, -0.05) is 35.4 Å². The molecule has 8 nitrogen and oxygen atoms in total. The quantitative estimate of drug-likeness (QED) is 0.696. The van der Waals surface area contributed by atoms with Gasteiger partial charge in [0.2, 0.25) is 6.10 Å². The Morgan fingerprint density at radius 1 is 0.750 bits per heavy atom. The van der Waals surface area contributed by atoms with E-state index in [1.807, 2.05) is 0 Å². The second-order valence-corrected chi connectivity index (χ2v) is 6.04. The summed E-state index contributed by atoms with van der Waals surface area (Å²) in [5.74, 6) is -5.98. The highest BCUT2D eigenvalue weighted by molar-refractivity contribution is 5.95. The monoisotopic (exact) mass is 385 g/mol. The molecule has 28 heavy (non-hydrogen) atoms. The lowest BCUT2D eigenvalue weighted by atomic mass is 10.1. The maximum Gasteiger partial charge on any atom is 0.349 e. The van der Waals surface area contributed by atoms with Crippen LogP contribution in [0.15, 0.2) is 48.5 Å². The Hall–Kier alpha value is -3.68. The van der Waals surface area contributed by atoms with Crippen LogP contribution in [0.2, 0.25) is 0 Å². The number of carboxylic acid groups (broad SMARTS) is 2. The average Bonchev–Trinajstić information content (AvgIpc) is 2.64. The molecule has 2 aromatic rings. The third kappa shape index (κ3) is 5.16. The van der Waals surface area contributed by atoms with E-state index in [-0.39, 0.29) is 11.1 Å². The summed E-state index contributed by atoms with van der Waals surface area (Å²) in [6, 6.07) is 11.9. The van der Waals surface area contributed by atoms with Gasteiger partial charge in [-0.2, -0.15) is 0 Å². The average molecular weight is 385 g/mol. The molecule has 2 unspecified atom stereocenters. The first-order valence-corrected chi connectivity index (χ1v) is 8.18. The molecule has 2 rings (SSSR count). The fourth-order valence-electron chi connectivity index (χ4n) is 2.22. The maximum atomic E-state index is 12.2. The SMILES string of the molecule is Cc1ccc(C(=O)OC(C(=O)[O-])C(OC(=O)c2ccc(C)cc2)C(=O)O)cc1. The molecule has 0 saturated carbocycles. The smallest absolute Gasteiger partial charge is 0.349 e. The highest BCUT2D eigenvalue weighted by Gasteiger charge is 2.36. The Labute approximate surface area is 160 Å². The molecule has 0 aliphatic rings. The molecular formula is C20H17O8-. The van der Waals surface area contributed by atoms with Gasteiger partial charge in [0.25, 0.3) is 0 Å². The number of benzene rings is 2. The molecule has 0 aliphatic carbocycles. The molecule has 2 aromatic carbocycles. The topological polar surface area (TPSA) is 130 Å². The van der Waals surface area contributed by atoms with Crippen LogP contribution in [0.25, 0.3) is 0 Å². The number of aryl methyl sites for hydroxylation is 2. The predicted molar refractivity (Wildman–Crippen MR) is 93.4 cm³/mol. The van der Waals surface area contributed by atoms with Crippen molar-refractivity contribution in [3.05, 3.63) is 70.8 Å². The molecule has 0 aromatic heterocycles. The lowest BCUT2D eigenvalue weighted by Crippen LogP contribution is -2.51. The summed E-state index contributed by atoms with van der Waals surface area (Å²) in [6.07, 6.45) is -4.62. The predicted octanol–water partition coefficient (Wildman–Crippen LogP) is 0.889. The molecule has 0 aliphatic heterocycles. The van der Waals surface area contributed by atoms with Crippen molar-refractivity contribution in [2.45, 2.75) is 26.1 Å². The third-order valence-corrected chi connectivity index (χ3v) is 3.79. The Morgan fingerprint density at radius 2 is 1.11 bits per heavy atom. The zero-order valence-corrected chi connectivity index (χ0v) is 15.1. The first-order valence-electron chi connectivity index (χ1n) is 8.18. The highest BCUT2D eigenvalue weighted by atomic mass is 16.6. The van der Waals surface area contributed by atoms with Gasteiger partial charge in [0.05, 0.1) is 17.1 Å². The van der Waals surface area contributed by atoms with E-state index in [0.29, 0.717) is 0 Å². The van der Waals surface area contributed by atoms with Crippen LogP contribution >= 0.6 is 0 Å². The van der Waals surface area contributed by atoms with Crippen molar-refractivity contribution in [1.29, 1.82) is 0 Å². The molecular weight excluding hydrogens is 368 g/mol. The van der Waals surface area contributed by atoms with Crippen molar-refractivity contribution < 1.29 is 38.9 Å². The fourth-order valence-corrected chi connectivity index (χ4v) is 2.22. The number of ether oxygens (including phenoxy) is 2. The van der Waals surface area contributed by atoms with Gasteiger partial charge in [-0.3, -0.25) is 0 Å². The van der Waals surface area contributed by atoms with Gasteiger partial charge in [-0.15, -0.1) is 0 Å². The molecule has 0 bridgehead atoms. The molecule has 0 heterocycles. The van der Waals surface area contributed by atoms with Gasteiger partial charge in [-0.25, -0.2) is 14.4 Å². The molecule has 146 valence electrons. The highest BCUT2D eigenvalue weighted by Crippen LogP contribution is 2.14. The van der Waals surface area contributed by atoms with Crippen LogP contribution in [-0.4, -0.2) is 41.2 Å². The zero-order chi connectivity index (χ0) is 20.8. The standard InChI is InChI=1S/C20H18O8/c1-11-3-7-13(8-4-11)19(25)27-15(17(21)22)16(18(23)24)28-20(26)14-9-5-12(2)6-10-14/h3-10,15-16H,1-2H3,(H,21,22)(H,23,24)/p-1. The van der Waals surface area contributed by atoms with E-state index < -0.39 is 36.1 Å². The number of hydrogen-bond acceptors (Lipinski definition) is 7. The molecule has 0 fully saturated rings. The third-order valence-electron chi connectivity index (χ3n) is 3.79. The summed E-state index contributed by atoms with van der Waals surface area (Å²) in [7, 11) is 0. The minimum absolute atomic E-state index is 0.00542. The van der Waals surface area contributed by atoms with Gasteiger partial charge >= 0.3 is 17.9 Å². The van der Waals surface area contributed by atoms with Crippen molar-refractivity contribution in [3.8, 4) is 0 Å². The van der Waals surface area contributed by atoms with Crippen molar-refractivity contribution in [3.63, 3.8) is 0 Å². The van der Waals surface area contributed by atoms with Gasteiger partial charge in [-0.05, 0) is 38.1 Å². The van der Waals surface area contributed by atoms with E-state index >= 15 is 0 Å².